The highest BCUT2D eigenvalue weighted by Gasteiger charge is 2.67. The number of anilines is 1. The van der Waals surface area contributed by atoms with Crippen LogP contribution in [0, 0.1) is 12.7 Å². The number of aliphatic hydroxyl groups is 1. The zero-order valence-electron chi connectivity index (χ0n) is 21.6. The summed E-state index contributed by atoms with van der Waals surface area (Å²) in [4.78, 5) is 31.8. The summed E-state index contributed by atoms with van der Waals surface area (Å²) in [6.45, 7) is 0.882. The Morgan fingerprint density at radius 1 is 1.24 bits per heavy atom. The lowest BCUT2D eigenvalue weighted by atomic mass is 9.89. The van der Waals surface area contributed by atoms with Gasteiger partial charge in [-0.3, -0.25) is 9.59 Å². The van der Waals surface area contributed by atoms with Gasteiger partial charge in [0.05, 0.1) is 11.7 Å². The van der Waals surface area contributed by atoms with Gasteiger partial charge in [0, 0.05) is 26.7 Å². The predicted octanol–water partition coefficient (Wildman–Crippen LogP) is 1.81. The van der Waals surface area contributed by atoms with Crippen LogP contribution in [0.1, 0.15) is 39.8 Å². The maximum absolute atomic E-state index is 14.3. The van der Waals surface area contributed by atoms with Crippen molar-refractivity contribution >= 4 is 28.0 Å². The van der Waals surface area contributed by atoms with E-state index in [1.54, 1.807) is 6.92 Å². The number of aryl methyl sites for hydroxylation is 1. The van der Waals surface area contributed by atoms with Crippen LogP contribution in [0.15, 0.2) is 41.0 Å². The molecule has 0 spiro atoms. The molecule has 0 saturated carbocycles. The molecular weight excluding hydrogens is 576 g/mol. The van der Waals surface area contributed by atoms with Gasteiger partial charge in [0.15, 0.2) is 11.9 Å². The fraction of sp³-hybridized carbons (Fsp3) is 0.417. The molecule has 2 fully saturated rings. The lowest BCUT2D eigenvalue weighted by molar-refractivity contribution is -0.206. The molecule has 1 amide bonds. The zero-order valence-corrected chi connectivity index (χ0v) is 22.4. The molecule has 3 aromatic rings. The number of hydrogen-bond acceptors (Lipinski definition) is 9. The summed E-state index contributed by atoms with van der Waals surface area (Å²) in [5, 5.41) is 13.6. The maximum atomic E-state index is 14.3. The molecule has 2 aromatic heterocycles. The third-order valence-electron chi connectivity index (χ3n) is 6.82. The first-order valence-corrected chi connectivity index (χ1v) is 13.7. The van der Waals surface area contributed by atoms with Crippen molar-refractivity contribution in [2.75, 3.05) is 25.0 Å². The minimum atomic E-state index is -5.21. The van der Waals surface area contributed by atoms with Crippen molar-refractivity contribution in [2.24, 2.45) is 0 Å². The van der Waals surface area contributed by atoms with E-state index in [1.807, 2.05) is 0 Å². The number of β-lactam (4-membered cyclic amide) rings is 1. The second-order valence-corrected chi connectivity index (χ2v) is 11.6. The van der Waals surface area contributed by atoms with Gasteiger partial charge < -0.3 is 14.4 Å². The minimum absolute atomic E-state index is 0.000477. The molecule has 5 rings (SSSR count). The molecule has 17 heteroatoms. The molecular formula is C24H24F4N6O6S. The van der Waals surface area contributed by atoms with Crippen molar-refractivity contribution < 1.29 is 45.1 Å². The Balaban J connectivity index is 1.53. The average Bonchev–Trinajstić information content (AvgIpc) is 3.63. The van der Waals surface area contributed by atoms with E-state index in [0.717, 1.165) is 6.26 Å². The average molecular weight is 601 g/mol. The summed E-state index contributed by atoms with van der Waals surface area (Å²) < 4.78 is 88.3. The van der Waals surface area contributed by atoms with Gasteiger partial charge in [0.2, 0.25) is 5.95 Å². The van der Waals surface area contributed by atoms with Gasteiger partial charge in [0.25, 0.3) is 11.8 Å². The van der Waals surface area contributed by atoms with Crippen LogP contribution < -0.4 is 4.90 Å². The number of carbonyl (C=O) groups is 2. The lowest BCUT2D eigenvalue weighted by Crippen LogP contribution is -2.69. The number of amides is 1. The molecule has 41 heavy (non-hydrogen) atoms. The minimum Gasteiger partial charge on any atom is -0.469 e. The second-order valence-electron chi connectivity index (χ2n) is 9.82. The van der Waals surface area contributed by atoms with Gasteiger partial charge in [-0.1, -0.05) is 12.1 Å². The molecule has 0 radical (unpaired) electrons. The number of halogens is 4. The standard InChI is InChI=1S/C24H24F4N6O6S/c1-13-9-15(12-40-13)21(36)33-23(31(2)10-14-3-5-16(25)6-4-14)29-20(30-33)18-19(24(26,27)28)34(22(18)37)41(38,39)32-8-7-17(35)11-32/h3-6,9,12,17-19,35H,7-8,10-11H2,1-2H3. The number of aromatic nitrogens is 3. The van der Waals surface area contributed by atoms with E-state index in [-0.39, 0.29) is 35.3 Å². The van der Waals surface area contributed by atoms with Crippen molar-refractivity contribution in [3.8, 4) is 0 Å². The van der Waals surface area contributed by atoms with Crippen LogP contribution in [0.5, 0.6) is 0 Å². The second kappa shape index (κ2) is 10.2. The summed E-state index contributed by atoms with van der Waals surface area (Å²) in [5.41, 5.74) is 0.564. The monoisotopic (exact) mass is 600 g/mol. The molecule has 2 aliphatic heterocycles. The van der Waals surface area contributed by atoms with Gasteiger partial charge in [-0.05, 0) is 37.1 Å². The highest BCUT2D eigenvalue weighted by atomic mass is 32.2. The summed E-state index contributed by atoms with van der Waals surface area (Å²) >= 11 is 0. The summed E-state index contributed by atoms with van der Waals surface area (Å²) in [6.07, 6.45) is -5.15. The van der Waals surface area contributed by atoms with Crippen LogP contribution in [0.25, 0.3) is 0 Å². The van der Waals surface area contributed by atoms with Crippen molar-refractivity contribution in [3.05, 3.63) is 65.1 Å². The Labute approximate surface area is 230 Å². The third kappa shape index (κ3) is 5.19. The normalized spacial score (nSPS) is 21.8. The zero-order chi connectivity index (χ0) is 29.9. The van der Waals surface area contributed by atoms with Gasteiger partial charge in [-0.25, -0.2) is 8.70 Å². The van der Waals surface area contributed by atoms with Crippen molar-refractivity contribution in [1.82, 2.24) is 23.4 Å². The Kier molecular flexibility index (Phi) is 7.15. The molecule has 12 nitrogen and oxygen atoms in total. The van der Waals surface area contributed by atoms with Crippen molar-refractivity contribution in [2.45, 2.75) is 44.1 Å². The van der Waals surface area contributed by atoms with Crippen molar-refractivity contribution in [1.29, 1.82) is 0 Å². The number of aliphatic hydroxyl groups excluding tert-OH is 1. The smallest absolute Gasteiger partial charge is 0.411 e. The van der Waals surface area contributed by atoms with Crippen LogP contribution in [0.3, 0.4) is 0 Å². The van der Waals surface area contributed by atoms with E-state index in [0.29, 0.717) is 20.3 Å². The molecule has 0 aliphatic carbocycles. The van der Waals surface area contributed by atoms with Crippen LogP contribution in [0.4, 0.5) is 23.5 Å². The molecule has 4 heterocycles. The van der Waals surface area contributed by atoms with Crippen LogP contribution in [-0.4, -0.2) is 87.2 Å². The quantitative estimate of drug-likeness (QED) is 0.317. The number of carbonyl (C=O) groups excluding carboxylic acids is 2. The van der Waals surface area contributed by atoms with Gasteiger partial charge in [0.1, 0.15) is 23.8 Å². The fourth-order valence-corrected chi connectivity index (χ4v) is 6.60. The highest BCUT2D eigenvalue weighted by molar-refractivity contribution is 7.87. The van der Waals surface area contributed by atoms with E-state index in [2.05, 4.69) is 10.1 Å². The molecule has 2 aliphatic rings. The van der Waals surface area contributed by atoms with Gasteiger partial charge >= 0.3 is 16.4 Å². The van der Waals surface area contributed by atoms with Crippen LogP contribution in [-0.2, 0) is 21.5 Å². The topological polar surface area (TPSA) is 142 Å². The van der Waals surface area contributed by atoms with Gasteiger partial charge in [-0.2, -0.15) is 35.6 Å². The number of rotatable bonds is 7. The molecule has 220 valence electrons. The number of β-amino-alcohol motifs (C(OH)–C–C–N with tert-alkyl or cyclic N) is 1. The molecule has 2 saturated heterocycles. The van der Waals surface area contributed by atoms with E-state index < -0.39 is 64.5 Å². The molecule has 3 atom stereocenters. The number of alkyl halides is 3. The van der Waals surface area contributed by atoms with E-state index in [1.165, 1.54) is 42.3 Å². The largest absolute Gasteiger partial charge is 0.469 e. The van der Waals surface area contributed by atoms with E-state index in [4.69, 9.17) is 4.42 Å². The lowest BCUT2D eigenvalue weighted by Gasteiger charge is -2.46. The SMILES string of the molecule is Cc1cc(C(=O)n2nc(C3C(=O)N(S(=O)(=O)N4CCC(O)C4)C3C(F)(F)F)nc2N(C)Cc2ccc(F)cc2)co1. The third-order valence-corrected chi connectivity index (χ3v) is 8.71. The van der Waals surface area contributed by atoms with Gasteiger partial charge in [-0.15, -0.1) is 5.10 Å². The Morgan fingerprint density at radius 2 is 1.93 bits per heavy atom. The summed E-state index contributed by atoms with van der Waals surface area (Å²) in [7, 11) is -3.46. The highest BCUT2D eigenvalue weighted by Crippen LogP contribution is 2.46. The summed E-state index contributed by atoms with van der Waals surface area (Å²) in [6, 6.07) is 3.86. The maximum Gasteiger partial charge on any atom is 0.411 e. The molecule has 1 N–H and O–H groups in total. The molecule has 3 unspecified atom stereocenters. The van der Waals surface area contributed by atoms with E-state index >= 15 is 0 Å². The predicted molar refractivity (Wildman–Crippen MR) is 132 cm³/mol. The van der Waals surface area contributed by atoms with E-state index in [9.17, 15) is 40.7 Å². The first-order chi connectivity index (χ1) is 19.2. The Hall–Kier alpha value is -3.83. The molecule has 1 aromatic carbocycles. The first kappa shape index (κ1) is 28.7. The molecule has 0 bridgehead atoms. The number of nitrogens with zero attached hydrogens (tertiary/aromatic N) is 6. The number of furan rings is 1. The first-order valence-electron chi connectivity index (χ1n) is 12.3. The van der Waals surface area contributed by atoms with Crippen LogP contribution >= 0.6 is 0 Å². The van der Waals surface area contributed by atoms with Crippen molar-refractivity contribution in [3.63, 3.8) is 0 Å². The number of benzene rings is 1. The van der Waals surface area contributed by atoms with Crippen LogP contribution in [0.2, 0.25) is 0 Å². The fourth-order valence-electron chi connectivity index (χ4n) is 4.78. The number of hydrogen-bond donors (Lipinski definition) is 1. The Morgan fingerprint density at radius 3 is 2.49 bits per heavy atom. The Bertz CT molecular complexity index is 1590. The summed E-state index contributed by atoms with van der Waals surface area (Å²) in [5.74, 6) is -5.48.